The summed E-state index contributed by atoms with van der Waals surface area (Å²) in [5.74, 6) is 0.628. The van der Waals surface area contributed by atoms with Gasteiger partial charge in [-0.05, 0) is 74.3 Å². The van der Waals surface area contributed by atoms with Crippen LogP contribution in [0.5, 0.6) is 0 Å². The SMILES string of the molecule is CC(C)(C)OC(=O)N(CC1CC1)c1ccccc1I. The minimum atomic E-state index is -0.459. The molecule has 1 aliphatic rings. The third-order valence-corrected chi connectivity index (χ3v) is 3.81. The molecule has 3 nitrogen and oxygen atoms in total. The second-order valence-electron chi connectivity index (χ2n) is 5.99. The Labute approximate surface area is 128 Å². The molecule has 104 valence electrons. The van der Waals surface area contributed by atoms with Crippen LogP contribution in [0.3, 0.4) is 0 Å². The van der Waals surface area contributed by atoms with Crippen LogP contribution in [0.25, 0.3) is 0 Å². The Balaban J connectivity index is 2.20. The zero-order valence-corrected chi connectivity index (χ0v) is 13.8. The predicted octanol–water partition coefficient (Wildman–Crippen LogP) is 4.44. The summed E-state index contributed by atoms with van der Waals surface area (Å²) in [6.45, 7) is 6.46. The van der Waals surface area contributed by atoms with Crippen LogP contribution >= 0.6 is 22.6 Å². The Morgan fingerprint density at radius 2 is 2.00 bits per heavy atom. The van der Waals surface area contributed by atoms with E-state index in [0.29, 0.717) is 5.92 Å². The average Bonchev–Trinajstić information content (AvgIpc) is 3.08. The highest BCUT2D eigenvalue weighted by molar-refractivity contribution is 14.1. The Morgan fingerprint density at radius 1 is 1.37 bits per heavy atom. The number of para-hydroxylation sites is 1. The van der Waals surface area contributed by atoms with Crippen molar-refractivity contribution in [3.05, 3.63) is 27.8 Å². The van der Waals surface area contributed by atoms with Gasteiger partial charge in [0, 0.05) is 10.1 Å². The van der Waals surface area contributed by atoms with Gasteiger partial charge in [-0.3, -0.25) is 4.90 Å². The first-order valence-electron chi connectivity index (χ1n) is 6.62. The van der Waals surface area contributed by atoms with Crippen LogP contribution < -0.4 is 4.90 Å². The number of benzene rings is 1. The molecule has 0 aliphatic heterocycles. The summed E-state index contributed by atoms with van der Waals surface area (Å²) >= 11 is 2.26. The number of hydrogen-bond donors (Lipinski definition) is 0. The van der Waals surface area contributed by atoms with Gasteiger partial charge in [0.1, 0.15) is 5.60 Å². The zero-order chi connectivity index (χ0) is 14.0. The normalized spacial score (nSPS) is 15.2. The minimum Gasteiger partial charge on any atom is -0.443 e. The number of anilines is 1. The van der Waals surface area contributed by atoms with E-state index in [1.807, 2.05) is 45.0 Å². The maximum absolute atomic E-state index is 12.4. The highest BCUT2D eigenvalue weighted by Crippen LogP contribution is 2.33. The van der Waals surface area contributed by atoms with Crippen molar-refractivity contribution in [2.45, 2.75) is 39.2 Å². The first-order chi connectivity index (χ1) is 8.87. The second kappa shape index (κ2) is 5.69. The number of rotatable bonds is 3. The van der Waals surface area contributed by atoms with Crippen molar-refractivity contribution in [3.63, 3.8) is 0 Å². The van der Waals surface area contributed by atoms with Crippen LogP contribution in [-0.4, -0.2) is 18.2 Å². The lowest BCUT2D eigenvalue weighted by atomic mass is 10.2. The van der Waals surface area contributed by atoms with Crippen LogP contribution in [0, 0.1) is 9.49 Å². The van der Waals surface area contributed by atoms with E-state index in [4.69, 9.17) is 4.74 Å². The van der Waals surface area contributed by atoms with E-state index in [2.05, 4.69) is 22.6 Å². The molecule has 0 saturated heterocycles. The van der Waals surface area contributed by atoms with Crippen molar-refractivity contribution in [2.24, 2.45) is 5.92 Å². The van der Waals surface area contributed by atoms with E-state index >= 15 is 0 Å². The summed E-state index contributed by atoms with van der Waals surface area (Å²) in [4.78, 5) is 14.2. The lowest BCUT2D eigenvalue weighted by Crippen LogP contribution is -2.38. The number of carbonyl (C=O) groups is 1. The van der Waals surface area contributed by atoms with Gasteiger partial charge >= 0.3 is 6.09 Å². The molecule has 0 unspecified atom stereocenters. The summed E-state index contributed by atoms with van der Waals surface area (Å²) in [6.07, 6.45) is 2.18. The van der Waals surface area contributed by atoms with Crippen molar-refractivity contribution in [3.8, 4) is 0 Å². The molecule has 2 rings (SSSR count). The van der Waals surface area contributed by atoms with Gasteiger partial charge in [-0.15, -0.1) is 0 Å². The molecule has 19 heavy (non-hydrogen) atoms. The molecule has 1 aliphatic carbocycles. The zero-order valence-electron chi connectivity index (χ0n) is 11.6. The molecule has 0 bridgehead atoms. The van der Waals surface area contributed by atoms with E-state index in [0.717, 1.165) is 15.8 Å². The van der Waals surface area contributed by atoms with Gasteiger partial charge in [0.05, 0.1) is 5.69 Å². The maximum Gasteiger partial charge on any atom is 0.414 e. The van der Waals surface area contributed by atoms with E-state index in [-0.39, 0.29) is 6.09 Å². The Hall–Kier alpha value is -0.780. The van der Waals surface area contributed by atoms with Crippen LogP contribution in [-0.2, 0) is 4.74 Å². The standard InChI is InChI=1S/C15H20INO2/c1-15(2,3)19-14(18)17(10-11-8-9-11)13-7-5-4-6-12(13)16/h4-7,11H,8-10H2,1-3H3. The van der Waals surface area contributed by atoms with Gasteiger partial charge in [0.2, 0.25) is 0 Å². The highest BCUT2D eigenvalue weighted by Gasteiger charge is 2.31. The molecular formula is C15H20INO2. The third kappa shape index (κ3) is 4.37. The van der Waals surface area contributed by atoms with Crippen LogP contribution in [0.4, 0.5) is 10.5 Å². The largest absolute Gasteiger partial charge is 0.443 e. The number of halogens is 1. The second-order valence-corrected chi connectivity index (χ2v) is 7.15. The Kier molecular flexibility index (Phi) is 4.38. The lowest BCUT2D eigenvalue weighted by Gasteiger charge is -2.28. The number of carbonyl (C=O) groups excluding carboxylic acids is 1. The van der Waals surface area contributed by atoms with Crippen LogP contribution in [0.15, 0.2) is 24.3 Å². The first-order valence-corrected chi connectivity index (χ1v) is 7.70. The smallest absolute Gasteiger partial charge is 0.414 e. The predicted molar refractivity (Wildman–Crippen MR) is 85.5 cm³/mol. The number of nitrogens with zero attached hydrogens (tertiary/aromatic N) is 1. The summed E-state index contributed by atoms with van der Waals surface area (Å²) in [7, 11) is 0. The molecule has 4 heteroatoms. The summed E-state index contributed by atoms with van der Waals surface area (Å²) in [5, 5.41) is 0. The van der Waals surface area contributed by atoms with Gasteiger partial charge in [0.25, 0.3) is 0 Å². The summed E-state index contributed by atoms with van der Waals surface area (Å²) < 4.78 is 6.60. The lowest BCUT2D eigenvalue weighted by molar-refractivity contribution is 0.0578. The first kappa shape index (κ1) is 14.6. The van der Waals surface area contributed by atoms with Crippen molar-refractivity contribution in [2.75, 3.05) is 11.4 Å². The van der Waals surface area contributed by atoms with Gasteiger partial charge < -0.3 is 4.74 Å². The topological polar surface area (TPSA) is 29.5 Å². The Bertz CT molecular complexity index is 463. The van der Waals surface area contributed by atoms with Crippen molar-refractivity contribution in [1.82, 2.24) is 0 Å². The quantitative estimate of drug-likeness (QED) is 0.733. The van der Waals surface area contributed by atoms with Crippen molar-refractivity contribution < 1.29 is 9.53 Å². The fourth-order valence-corrected chi connectivity index (χ4v) is 2.50. The molecule has 0 N–H and O–H groups in total. The average molecular weight is 373 g/mol. The van der Waals surface area contributed by atoms with Crippen LogP contribution in [0.1, 0.15) is 33.6 Å². The molecule has 1 aromatic rings. The van der Waals surface area contributed by atoms with Crippen LogP contribution in [0.2, 0.25) is 0 Å². The highest BCUT2D eigenvalue weighted by atomic mass is 127. The molecule has 1 fully saturated rings. The monoisotopic (exact) mass is 373 g/mol. The number of ether oxygens (including phenoxy) is 1. The van der Waals surface area contributed by atoms with Crippen molar-refractivity contribution in [1.29, 1.82) is 0 Å². The maximum atomic E-state index is 12.4. The van der Waals surface area contributed by atoms with E-state index in [1.54, 1.807) is 4.90 Å². The Morgan fingerprint density at radius 3 is 2.53 bits per heavy atom. The molecule has 0 radical (unpaired) electrons. The number of hydrogen-bond acceptors (Lipinski definition) is 2. The molecule has 0 heterocycles. The fourth-order valence-electron chi connectivity index (χ4n) is 1.82. The molecular weight excluding hydrogens is 353 g/mol. The summed E-state index contributed by atoms with van der Waals surface area (Å²) in [6, 6.07) is 7.94. The van der Waals surface area contributed by atoms with E-state index in [9.17, 15) is 4.79 Å². The summed E-state index contributed by atoms with van der Waals surface area (Å²) in [5.41, 5.74) is 0.489. The molecule has 0 atom stereocenters. The molecule has 1 saturated carbocycles. The van der Waals surface area contributed by atoms with Gasteiger partial charge in [-0.1, -0.05) is 12.1 Å². The molecule has 1 aromatic carbocycles. The number of amides is 1. The third-order valence-electron chi connectivity index (χ3n) is 2.89. The van der Waals surface area contributed by atoms with Gasteiger partial charge in [-0.2, -0.15) is 0 Å². The van der Waals surface area contributed by atoms with E-state index in [1.165, 1.54) is 12.8 Å². The van der Waals surface area contributed by atoms with Gasteiger partial charge in [0.15, 0.2) is 0 Å². The molecule has 1 amide bonds. The molecule has 0 spiro atoms. The van der Waals surface area contributed by atoms with Gasteiger partial charge in [-0.25, -0.2) is 4.79 Å². The van der Waals surface area contributed by atoms with Crippen molar-refractivity contribution >= 4 is 34.4 Å². The fraction of sp³-hybridized carbons (Fsp3) is 0.533. The molecule has 0 aromatic heterocycles. The minimum absolute atomic E-state index is 0.247. The van der Waals surface area contributed by atoms with E-state index < -0.39 is 5.60 Å².